The molecule has 10 heteroatoms. The maximum absolute atomic E-state index is 5.97. The van der Waals surface area contributed by atoms with Crippen molar-refractivity contribution in [2.75, 3.05) is 12.3 Å². The van der Waals surface area contributed by atoms with Crippen molar-refractivity contribution in [1.82, 2.24) is 25.5 Å². The number of nitrogens with one attached hydrogen (secondary N) is 1. The van der Waals surface area contributed by atoms with Gasteiger partial charge in [0.2, 0.25) is 5.16 Å². The first-order valence-corrected chi connectivity index (χ1v) is 11.5. The quantitative estimate of drug-likeness (QED) is 0.215. The third-order valence-corrected chi connectivity index (χ3v) is 6.18. The maximum Gasteiger partial charge on any atom is 0.214 e. The molecule has 1 N–H and O–H groups in total. The predicted molar refractivity (Wildman–Crippen MR) is 128 cm³/mol. The first-order chi connectivity index (χ1) is 14.2. The van der Waals surface area contributed by atoms with Crippen LogP contribution in [0, 0.1) is 0 Å². The van der Waals surface area contributed by atoms with Crippen LogP contribution in [-0.4, -0.2) is 32.5 Å². The summed E-state index contributed by atoms with van der Waals surface area (Å²) in [5.41, 5.74) is 1.98. The van der Waals surface area contributed by atoms with Gasteiger partial charge in [-0.15, -0.1) is 17.5 Å². The average Bonchev–Trinajstić information content (AvgIpc) is 3.38. The van der Waals surface area contributed by atoms with E-state index in [4.69, 9.17) is 4.42 Å². The van der Waals surface area contributed by atoms with Crippen LogP contribution in [-0.2, 0) is 6.54 Å². The molecule has 0 aliphatic carbocycles. The Balaban J connectivity index is 0.00000256. The third kappa shape index (κ3) is 5.73. The summed E-state index contributed by atoms with van der Waals surface area (Å²) in [6, 6.07) is 19.9. The summed E-state index contributed by atoms with van der Waals surface area (Å²) in [4.78, 5) is 0. The molecule has 2 aromatic carbocycles. The predicted octanol–water partition coefficient (Wildman–Crippen LogP) is 5.75. The van der Waals surface area contributed by atoms with E-state index in [2.05, 4.69) is 52.7 Å². The molecule has 4 aromatic rings. The molecule has 30 heavy (non-hydrogen) atoms. The second-order valence-electron chi connectivity index (χ2n) is 6.12. The smallest absolute Gasteiger partial charge is 0.214 e. The molecule has 0 saturated carbocycles. The van der Waals surface area contributed by atoms with Crippen molar-refractivity contribution in [3.05, 3.63) is 75.4 Å². The Morgan fingerprint density at radius 3 is 2.67 bits per heavy atom. The van der Waals surface area contributed by atoms with Crippen molar-refractivity contribution < 1.29 is 4.42 Å². The number of rotatable bonds is 8. The van der Waals surface area contributed by atoms with Crippen LogP contribution in [0.4, 0.5) is 0 Å². The first kappa shape index (κ1) is 23.0. The number of thioether (sulfide) groups is 1. The summed E-state index contributed by atoms with van der Waals surface area (Å²) in [7, 11) is 0. The van der Waals surface area contributed by atoms with Crippen molar-refractivity contribution in [3.63, 3.8) is 0 Å². The number of para-hydroxylation sites is 1. The van der Waals surface area contributed by atoms with Crippen LogP contribution in [0.25, 0.3) is 17.0 Å². The van der Waals surface area contributed by atoms with Crippen molar-refractivity contribution in [1.29, 1.82) is 0 Å². The first-order valence-electron chi connectivity index (χ1n) is 8.92. The monoisotopic (exact) mass is 569 g/mol. The van der Waals surface area contributed by atoms with E-state index in [9.17, 15) is 0 Å². The number of halogens is 3. The van der Waals surface area contributed by atoms with Crippen molar-refractivity contribution in [2.24, 2.45) is 0 Å². The van der Waals surface area contributed by atoms with E-state index in [0.717, 1.165) is 49.2 Å². The van der Waals surface area contributed by atoms with E-state index in [1.807, 2.05) is 60.7 Å². The van der Waals surface area contributed by atoms with Gasteiger partial charge in [-0.25, -0.2) is 0 Å². The number of nitrogens with zero attached hydrogens (tertiary/aromatic N) is 4. The lowest BCUT2D eigenvalue weighted by molar-refractivity contribution is 0.499. The third-order valence-electron chi connectivity index (χ3n) is 4.11. The highest BCUT2D eigenvalue weighted by molar-refractivity contribution is 9.11. The number of hydrogen-bond donors (Lipinski definition) is 1. The van der Waals surface area contributed by atoms with Gasteiger partial charge in [-0.2, -0.15) is 4.68 Å². The highest BCUT2D eigenvalue weighted by atomic mass is 79.9. The topological polar surface area (TPSA) is 68.8 Å². The van der Waals surface area contributed by atoms with E-state index in [1.165, 1.54) is 0 Å². The van der Waals surface area contributed by atoms with Crippen LogP contribution in [0.5, 0.6) is 0 Å². The Bertz CT molecular complexity index is 1090. The molecule has 0 atom stereocenters. The highest BCUT2D eigenvalue weighted by Crippen LogP contribution is 2.31. The Hall–Kier alpha value is -1.65. The van der Waals surface area contributed by atoms with Crippen LogP contribution in [0.2, 0.25) is 0 Å². The van der Waals surface area contributed by atoms with Gasteiger partial charge in [0.25, 0.3) is 0 Å². The molecule has 0 fully saturated rings. The van der Waals surface area contributed by atoms with Gasteiger partial charge in [0.1, 0.15) is 11.5 Å². The summed E-state index contributed by atoms with van der Waals surface area (Å²) < 4.78 is 9.74. The summed E-state index contributed by atoms with van der Waals surface area (Å²) in [6.45, 7) is 1.47. The molecule has 0 saturated heterocycles. The second-order valence-corrected chi connectivity index (χ2v) is 8.96. The maximum atomic E-state index is 5.97. The van der Waals surface area contributed by atoms with Crippen molar-refractivity contribution in [2.45, 2.75) is 11.7 Å². The lowest BCUT2D eigenvalue weighted by atomic mass is 10.2. The van der Waals surface area contributed by atoms with Crippen LogP contribution in [0.3, 0.4) is 0 Å². The molecule has 2 aromatic heterocycles. The molecule has 0 amide bonds. The van der Waals surface area contributed by atoms with E-state index >= 15 is 0 Å². The van der Waals surface area contributed by atoms with E-state index < -0.39 is 0 Å². The molecule has 2 heterocycles. The standard InChI is InChI=1S/C20H17Br2N5OS.ClH/c21-14-6-8-17(18(22)12-14)19-9-7-16(28-19)13-23-10-11-29-20-24-25-26-27(20)15-4-2-1-3-5-15;/h1-9,12,23H,10-11,13H2;1H. The molecule has 156 valence electrons. The van der Waals surface area contributed by atoms with Gasteiger partial charge in [0, 0.05) is 26.8 Å². The van der Waals surface area contributed by atoms with Crippen molar-refractivity contribution in [3.8, 4) is 17.0 Å². The zero-order valence-electron chi connectivity index (χ0n) is 15.7. The molecular formula is C20H18Br2ClN5OS. The van der Waals surface area contributed by atoms with E-state index in [-0.39, 0.29) is 12.4 Å². The van der Waals surface area contributed by atoms with Crippen LogP contribution >= 0.6 is 56.0 Å². The van der Waals surface area contributed by atoms with Gasteiger partial charge in [0.05, 0.1) is 12.2 Å². The lowest BCUT2D eigenvalue weighted by Crippen LogP contribution is -2.16. The highest BCUT2D eigenvalue weighted by Gasteiger charge is 2.10. The SMILES string of the molecule is Brc1ccc(-c2ccc(CNCCSc3nnnn3-c3ccccc3)o2)c(Br)c1.Cl. The van der Waals surface area contributed by atoms with Gasteiger partial charge in [-0.3, -0.25) is 0 Å². The molecule has 0 radical (unpaired) electrons. The fourth-order valence-corrected chi connectivity index (χ4v) is 4.76. The molecule has 0 aliphatic heterocycles. The van der Waals surface area contributed by atoms with Gasteiger partial charge in [-0.1, -0.05) is 45.9 Å². The minimum atomic E-state index is 0. The Morgan fingerprint density at radius 1 is 1.03 bits per heavy atom. The molecule has 0 spiro atoms. The molecular weight excluding hydrogens is 554 g/mol. The van der Waals surface area contributed by atoms with Gasteiger partial charge in [0.15, 0.2) is 0 Å². The Kier molecular flexibility index (Phi) is 8.52. The second kappa shape index (κ2) is 11.1. The molecule has 0 unspecified atom stereocenters. The van der Waals surface area contributed by atoms with Crippen LogP contribution in [0.1, 0.15) is 5.76 Å². The summed E-state index contributed by atoms with van der Waals surface area (Å²) in [5.74, 6) is 2.59. The number of tetrazole rings is 1. The zero-order chi connectivity index (χ0) is 20.1. The lowest BCUT2D eigenvalue weighted by Gasteiger charge is -2.05. The van der Waals surface area contributed by atoms with E-state index in [1.54, 1.807) is 16.4 Å². The summed E-state index contributed by atoms with van der Waals surface area (Å²) in [6.07, 6.45) is 0. The normalized spacial score (nSPS) is 10.7. The molecule has 6 nitrogen and oxygen atoms in total. The summed E-state index contributed by atoms with van der Waals surface area (Å²) >= 11 is 8.66. The molecule has 0 aliphatic rings. The summed E-state index contributed by atoms with van der Waals surface area (Å²) in [5, 5.41) is 16.1. The number of furan rings is 1. The minimum absolute atomic E-state index is 0. The Morgan fingerprint density at radius 2 is 1.87 bits per heavy atom. The molecule has 0 bridgehead atoms. The fourth-order valence-electron chi connectivity index (χ4n) is 2.73. The minimum Gasteiger partial charge on any atom is -0.460 e. The Labute approximate surface area is 201 Å². The van der Waals surface area contributed by atoms with Gasteiger partial charge in [-0.05, 0) is 68.8 Å². The van der Waals surface area contributed by atoms with Crippen LogP contribution in [0.15, 0.2) is 79.2 Å². The largest absolute Gasteiger partial charge is 0.460 e. The molecule has 4 rings (SSSR count). The average molecular weight is 572 g/mol. The van der Waals surface area contributed by atoms with E-state index in [0.29, 0.717) is 6.54 Å². The van der Waals surface area contributed by atoms with Crippen molar-refractivity contribution >= 4 is 56.0 Å². The number of hydrogen-bond acceptors (Lipinski definition) is 6. The van der Waals surface area contributed by atoms with Crippen LogP contribution < -0.4 is 5.32 Å². The van der Waals surface area contributed by atoms with Gasteiger partial charge >= 0.3 is 0 Å². The van der Waals surface area contributed by atoms with Gasteiger partial charge < -0.3 is 9.73 Å². The zero-order valence-corrected chi connectivity index (χ0v) is 20.5. The fraction of sp³-hybridized carbons (Fsp3) is 0.150. The number of aromatic nitrogens is 4. The number of benzene rings is 2.